The Labute approximate surface area is 168 Å². The van der Waals surface area contributed by atoms with E-state index in [1.807, 2.05) is 13.8 Å². The van der Waals surface area contributed by atoms with Crippen molar-refractivity contribution in [2.24, 2.45) is 27.1 Å². The van der Waals surface area contributed by atoms with Gasteiger partial charge in [0.25, 0.3) is 11.8 Å². The first-order valence-corrected chi connectivity index (χ1v) is 9.14. The maximum absolute atomic E-state index is 12.7. The second kappa shape index (κ2) is 7.78. The van der Waals surface area contributed by atoms with Crippen LogP contribution in [0, 0.1) is 5.92 Å². The second-order valence-corrected chi connectivity index (χ2v) is 7.24. The average molecular weight is 396 g/mol. The number of amides is 2. The van der Waals surface area contributed by atoms with Crippen molar-refractivity contribution in [2.75, 3.05) is 10.6 Å². The molecule has 0 saturated heterocycles. The number of carbonyl (C=O) groups is 3. The number of imidazole rings is 1. The van der Waals surface area contributed by atoms with Gasteiger partial charge in [-0.1, -0.05) is 13.8 Å². The Morgan fingerprint density at radius 2 is 1.41 bits per heavy atom. The molecule has 3 rings (SSSR count). The Bertz CT molecular complexity index is 1090. The van der Waals surface area contributed by atoms with Crippen molar-refractivity contribution in [3.8, 4) is 0 Å². The minimum atomic E-state index is -0.366. The summed E-state index contributed by atoms with van der Waals surface area (Å²) in [5.41, 5.74) is 1.90. The molecule has 0 aromatic carbocycles. The number of aromatic nitrogens is 4. The van der Waals surface area contributed by atoms with Gasteiger partial charge in [-0.05, 0) is 12.1 Å². The molecule has 0 aliphatic carbocycles. The molecule has 152 valence electrons. The van der Waals surface area contributed by atoms with E-state index in [1.165, 1.54) is 6.20 Å². The summed E-state index contributed by atoms with van der Waals surface area (Å²) in [6, 6.07) is 3.24. The molecule has 0 spiro atoms. The highest BCUT2D eigenvalue weighted by molar-refractivity contribution is 6.06. The molecule has 0 saturated carbocycles. The summed E-state index contributed by atoms with van der Waals surface area (Å²) >= 11 is 0. The topological polar surface area (TPSA) is 103 Å². The van der Waals surface area contributed by atoms with Crippen LogP contribution in [0.15, 0.2) is 36.9 Å². The van der Waals surface area contributed by atoms with E-state index in [-0.39, 0.29) is 29.3 Å². The van der Waals surface area contributed by atoms with Gasteiger partial charge in [0.1, 0.15) is 5.69 Å². The number of Topliss-reactive ketones (excluding diaryl/α,β-unsaturated/α-hetero) is 1. The molecule has 0 radical (unpaired) electrons. The fraction of sp³-hybridized carbons (Fsp3) is 0.300. The summed E-state index contributed by atoms with van der Waals surface area (Å²) in [6.45, 7) is 3.66. The summed E-state index contributed by atoms with van der Waals surface area (Å²) in [4.78, 5) is 41.2. The number of hydrogen-bond acceptors (Lipinski definition) is 4. The third kappa shape index (κ3) is 4.13. The van der Waals surface area contributed by atoms with Crippen LogP contribution in [0.1, 0.15) is 45.4 Å². The maximum atomic E-state index is 12.7. The molecule has 2 amide bonds. The number of aryl methyl sites for hydroxylation is 3. The first-order valence-electron chi connectivity index (χ1n) is 9.14. The molecular weight excluding hydrogens is 372 g/mol. The van der Waals surface area contributed by atoms with E-state index in [1.54, 1.807) is 65.6 Å². The minimum absolute atomic E-state index is 0.00569. The number of anilines is 2. The molecule has 0 aliphatic heterocycles. The fourth-order valence-corrected chi connectivity index (χ4v) is 3.00. The number of rotatable bonds is 6. The number of hydrogen-bond donors (Lipinski definition) is 2. The van der Waals surface area contributed by atoms with E-state index < -0.39 is 0 Å². The largest absolute Gasteiger partial charge is 0.346 e. The van der Waals surface area contributed by atoms with E-state index >= 15 is 0 Å². The summed E-state index contributed by atoms with van der Waals surface area (Å²) < 4.78 is 4.92. The van der Waals surface area contributed by atoms with Crippen molar-refractivity contribution >= 4 is 29.0 Å². The van der Waals surface area contributed by atoms with Gasteiger partial charge in [0.2, 0.25) is 0 Å². The summed E-state index contributed by atoms with van der Waals surface area (Å²) in [7, 11) is 5.20. The lowest BCUT2D eigenvalue weighted by atomic mass is 10.1. The molecule has 0 atom stereocenters. The summed E-state index contributed by atoms with van der Waals surface area (Å²) in [5.74, 6) is -0.573. The van der Waals surface area contributed by atoms with E-state index in [0.717, 1.165) is 0 Å². The van der Waals surface area contributed by atoms with Crippen molar-refractivity contribution < 1.29 is 14.4 Å². The molecule has 0 bridgehead atoms. The smallest absolute Gasteiger partial charge is 0.291 e. The third-order valence-electron chi connectivity index (χ3n) is 4.56. The van der Waals surface area contributed by atoms with Gasteiger partial charge in [-0.25, -0.2) is 4.98 Å². The Hall–Kier alpha value is -3.62. The Kier molecular flexibility index (Phi) is 5.40. The highest BCUT2D eigenvalue weighted by Crippen LogP contribution is 2.19. The minimum Gasteiger partial charge on any atom is -0.346 e. The Morgan fingerprint density at radius 1 is 0.862 bits per heavy atom. The van der Waals surface area contributed by atoms with Crippen molar-refractivity contribution in [2.45, 2.75) is 13.8 Å². The Morgan fingerprint density at radius 3 is 1.97 bits per heavy atom. The molecule has 3 heterocycles. The van der Waals surface area contributed by atoms with Crippen LogP contribution >= 0.6 is 0 Å². The number of ketones is 1. The van der Waals surface area contributed by atoms with Crippen molar-refractivity contribution in [1.29, 1.82) is 0 Å². The normalized spacial score (nSPS) is 11.0. The Balaban J connectivity index is 1.74. The van der Waals surface area contributed by atoms with E-state index in [9.17, 15) is 14.4 Å². The monoisotopic (exact) mass is 396 g/mol. The molecule has 3 aromatic rings. The second-order valence-electron chi connectivity index (χ2n) is 7.24. The van der Waals surface area contributed by atoms with Crippen LogP contribution < -0.4 is 10.6 Å². The summed E-state index contributed by atoms with van der Waals surface area (Å²) in [6.07, 6.45) is 6.56. The number of carbonyl (C=O) groups excluding carboxylic acids is 3. The van der Waals surface area contributed by atoms with Gasteiger partial charge in [0.15, 0.2) is 11.6 Å². The van der Waals surface area contributed by atoms with Gasteiger partial charge in [-0.2, -0.15) is 0 Å². The fourth-order valence-electron chi connectivity index (χ4n) is 3.00. The van der Waals surface area contributed by atoms with Crippen molar-refractivity contribution in [3.63, 3.8) is 0 Å². The van der Waals surface area contributed by atoms with Crippen LogP contribution in [0.2, 0.25) is 0 Å². The lowest BCUT2D eigenvalue weighted by Crippen LogP contribution is -2.16. The SMILES string of the molecule is CC(C)C(=O)c1cc(NC(=O)c2cc(NC(=O)c3nccn3C)cn2C)cn1C. The first kappa shape index (κ1) is 20.1. The predicted molar refractivity (Wildman–Crippen MR) is 109 cm³/mol. The van der Waals surface area contributed by atoms with Crippen LogP contribution in [0.25, 0.3) is 0 Å². The van der Waals surface area contributed by atoms with E-state index in [0.29, 0.717) is 22.8 Å². The molecule has 29 heavy (non-hydrogen) atoms. The average Bonchev–Trinajstić information content (AvgIpc) is 3.33. The third-order valence-corrected chi connectivity index (χ3v) is 4.56. The lowest BCUT2D eigenvalue weighted by molar-refractivity contribution is 0.0930. The van der Waals surface area contributed by atoms with Gasteiger partial charge < -0.3 is 24.3 Å². The zero-order chi connectivity index (χ0) is 21.3. The zero-order valence-corrected chi connectivity index (χ0v) is 17.1. The maximum Gasteiger partial charge on any atom is 0.291 e. The molecule has 9 nitrogen and oxygen atoms in total. The molecule has 2 N–H and O–H groups in total. The number of nitrogens with one attached hydrogen (secondary N) is 2. The lowest BCUT2D eigenvalue weighted by Gasteiger charge is -2.04. The molecule has 9 heteroatoms. The van der Waals surface area contributed by atoms with Crippen LogP contribution in [0.5, 0.6) is 0 Å². The van der Waals surface area contributed by atoms with Gasteiger partial charge in [-0.3, -0.25) is 14.4 Å². The van der Waals surface area contributed by atoms with Gasteiger partial charge in [0.05, 0.1) is 17.1 Å². The molecular formula is C20H24N6O3. The highest BCUT2D eigenvalue weighted by atomic mass is 16.2. The van der Waals surface area contributed by atoms with Crippen molar-refractivity contribution in [3.05, 3.63) is 54.1 Å². The molecule has 0 fully saturated rings. The van der Waals surface area contributed by atoms with E-state index in [4.69, 9.17) is 0 Å². The number of nitrogens with zero attached hydrogens (tertiary/aromatic N) is 4. The molecule has 0 unspecified atom stereocenters. The van der Waals surface area contributed by atoms with Crippen LogP contribution in [-0.4, -0.2) is 36.3 Å². The first-order chi connectivity index (χ1) is 13.7. The van der Waals surface area contributed by atoms with E-state index in [2.05, 4.69) is 15.6 Å². The predicted octanol–water partition coefficient (Wildman–Crippen LogP) is 2.44. The quantitative estimate of drug-likeness (QED) is 0.625. The zero-order valence-electron chi connectivity index (χ0n) is 17.1. The van der Waals surface area contributed by atoms with Crippen LogP contribution in [0.3, 0.4) is 0 Å². The van der Waals surface area contributed by atoms with Crippen LogP contribution in [-0.2, 0) is 21.1 Å². The van der Waals surface area contributed by atoms with Gasteiger partial charge in [0, 0.05) is 51.8 Å². The molecule has 3 aromatic heterocycles. The van der Waals surface area contributed by atoms with Gasteiger partial charge >= 0.3 is 0 Å². The molecule has 0 aliphatic rings. The van der Waals surface area contributed by atoms with Crippen LogP contribution in [0.4, 0.5) is 11.4 Å². The summed E-state index contributed by atoms with van der Waals surface area (Å²) in [5, 5.41) is 5.53. The standard InChI is InChI=1S/C20H24N6O3/c1-12(2)17(27)15-8-13(10-25(15)4)22-19(28)16-9-14(11-26(16)5)23-20(29)18-21-6-7-24(18)3/h6-12H,1-5H3,(H,22,28)(H,23,29). The highest BCUT2D eigenvalue weighted by Gasteiger charge is 2.19. The van der Waals surface area contributed by atoms with Gasteiger partial charge in [-0.15, -0.1) is 0 Å². The van der Waals surface area contributed by atoms with Crippen molar-refractivity contribution in [1.82, 2.24) is 18.7 Å².